The summed E-state index contributed by atoms with van der Waals surface area (Å²) in [5.74, 6) is 2.00. The van der Waals surface area contributed by atoms with E-state index in [0.717, 1.165) is 32.0 Å². The standard InChI is InChI=1S/C18H30N4O2.HI/c1-2-19-17(21-10-9-20-16(23)12-4-5-12)22-14-13-6-11-24-15(13)18(14)7-3-8-18;/h12-15H,2-11H2,1H3,(H,20,23)(H2,19,21,22);1H. The van der Waals surface area contributed by atoms with Gasteiger partial charge in [-0.1, -0.05) is 6.42 Å². The number of ether oxygens (including phenoxy) is 1. The van der Waals surface area contributed by atoms with Gasteiger partial charge in [0.05, 0.1) is 12.6 Å². The van der Waals surface area contributed by atoms with E-state index < -0.39 is 0 Å². The van der Waals surface area contributed by atoms with E-state index in [0.29, 0.717) is 36.6 Å². The summed E-state index contributed by atoms with van der Waals surface area (Å²) in [5.41, 5.74) is 0.359. The zero-order valence-corrected chi connectivity index (χ0v) is 17.4. The maximum atomic E-state index is 11.7. The lowest BCUT2D eigenvalue weighted by Crippen LogP contribution is -2.72. The van der Waals surface area contributed by atoms with Gasteiger partial charge in [0.2, 0.25) is 5.91 Å². The van der Waals surface area contributed by atoms with Gasteiger partial charge in [-0.05, 0) is 39.0 Å². The first-order chi connectivity index (χ1) is 11.7. The summed E-state index contributed by atoms with van der Waals surface area (Å²) in [6.45, 7) is 5.10. The summed E-state index contributed by atoms with van der Waals surface area (Å²) in [6.07, 6.45) is 7.63. The second-order valence-electron chi connectivity index (χ2n) is 7.78. The minimum Gasteiger partial charge on any atom is -0.377 e. The third kappa shape index (κ3) is 3.63. The first-order valence-corrected chi connectivity index (χ1v) is 9.69. The van der Waals surface area contributed by atoms with Crippen LogP contribution in [0.4, 0.5) is 0 Å². The number of aliphatic imine (C=N–C) groups is 1. The molecule has 7 heteroatoms. The van der Waals surface area contributed by atoms with Gasteiger partial charge in [0, 0.05) is 43.0 Å². The number of fused-ring (bicyclic) bond motifs is 2. The predicted octanol–water partition coefficient (Wildman–Crippen LogP) is 1.64. The zero-order valence-electron chi connectivity index (χ0n) is 15.1. The van der Waals surface area contributed by atoms with Crippen molar-refractivity contribution in [2.75, 3.05) is 26.2 Å². The Morgan fingerprint density at radius 2 is 2.04 bits per heavy atom. The molecule has 1 saturated heterocycles. The fourth-order valence-electron chi connectivity index (χ4n) is 4.76. The van der Waals surface area contributed by atoms with Crippen molar-refractivity contribution < 1.29 is 9.53 Å². The molecule has 6 nitrogen and oxygen atoms in total. The van der Waals surface area contributed by atoms with Crippen LogP contribution in [0.3, 0.4) is 0 Å². The van der Waals surface area contributed by atoms with Gasteiger partial charge < -0.3 is 20.7 Å². The van der Waals surface area contributed by atoms with Crippen molar-refractivity contribution in [3.63, 3.8) is 0 Å². The van der Waals surface area contributed by atoms with Crippen LogP contribution in [0.2, 0.25) is 0 Å². The zero-order chi connectivity index (χ0) is 16.6. The second kappa shape index (κ2) is 7.98. The van der Waals surface area contributed by atoms with Crippen LogP contribution in [0.15, 0.2) is 4.99 Å². The van der Waals surface area contributed by atoms with Crippen molar-refractivity contribution in [3.8, 4) is 0 Å². The molecule has 0 aromatic rings. The Morgan fingerprint density at radius 1 is 1.24 bits per heavy atom. The molecule has 3 saturated carbocycles. The van der Waals surface area contributed by atoms with E-state index in [1.165, 1.54) is 25.7 Å². The van der Waals surface area contributed by atoms with E-state index in [1.807, 2.05) is 0 Å². The number of hydrogen-bond acceptors (Lipinski definition) is 3. The van der Waals surface area contributed by atoms with Gasteiger partial charge in [0.15, 0.2) is 5.96 Å². The molecule has 1 aliphatic heterocycles. The van der Waals surface area contributed by atoms with Crippen LogP contribution in [-0.4, -0.2) is 50.3 Å². The lowest BCUT2D eigenvalue weighted by Gasteiger charge is -2.63. The number of carbonyl (C=O) groups is 1. The maximum absolute atomic E-state index is 11.7. The third-order valence-corrected chi connectivity index (χ3v) is 6.30. The fourth-order valence-corrected chi connectivity index (χ4v) is 4.76. The van der Waals surface area contributed by atoms with Gasteiger partial charge in [0.25, 0.3) is 0 Å². The Bertz CT molecular complexity index is 519. The molecule has 0 radical (unpaired) electrons. The minimum atomic E-state index is 0. The molecule has 0 aromatic heterocycles. The molecule has 0 bridgehead atoms. The summed E-state index contributed by atoms with van der Waals surface area (Å²) in [5, 5.41) is 10.0. The van der Waals surface area contributed by atoms with E-state index in [9.17, 15) is 4.79 Å². The fraction of sp³-hybridized carbons (Fsp3) is 0.889. The van der Waals surface area contributed by atoms with E-state index in [1.54, 1.807) is 0 Å². The Morgan fingerprint density at radius 3 is 2.68 bits per heavy atom. The molecule has 1 spiro atoms. The molecular formula is C18H31IN4O2. The Balaban J connectivity index is 0.00000182. The first kappa shape index (κ1) is 19.2. The number of carbonyl (C=O) groups excluding carboxylic acids is 1. The number of hydrogen-bond donors (Lipinski definition) is 3. The van der Waals surface area contributed by atoms with Crippen LogP contribution >= 0.6 is 24.0 Å². The summed E-state index contributed by atoms with van der Waals surface area (Å²) in [7, 11) is 0. The molecule has 25 heavy (non-hydrogen) atoms. The van der Waals surface area contributed by atoms with Crippen LogP contribution in [0, 0.1) is 17.3 Å². The maximum Gasteiger partial charge on any atom is 0.223 e. The highest BCUT2D eigenvalue weighted by Gasteiger charge is 2.66. The Labute approximate surface area is 167 Å². The highest BCUT2D eigenvalue weighted by molar-refractivity contribution is 14.0. The first-order valence-electron chi connectivity index (χ1n) is 9.69. The molecule has 142 valence electrons. The number of nitrogens with zero attached hydrogens (tertiary/aromatic N) is 1. The molecule has 3 N–H and O–H groups in total. The van der Waals surface area contributed by atoms with Crippen molar-refractivity contribution in [2.24, 2.45) is 22.2 Å². The SMILES string of the molecule is CCNC(=NCCNC(=O)C1CC1)NC1C2CCOC2C12CCC2.I. The second-order valence-corrected chi connectivity index (χ2v) is 7.78. The van der Waals surface area contributed by atoms with Gasteiger partial charge in [-0.15, -0.1) is 24.0 Å². The Kier molecular flexibility index (Phi) is 6.13. The van der Waals surface area contributed by atoms with Crippen molar-refractivity contribution in [1.82, 2.24) is 16.0 Å². The topological polar surface area (TPSA) is 74.8 Å². The molecule has 4 fully saturated rings. The van der Waals surface area contributed by atoms with E-state index >= 15 is 0 Å². The van der Waals surface area contributed by atoms with Gasteiger partial charge in [-0.2, -0.15) is 0 Å². The van der Waals surface area contributed by atoms with Gasteiger partial charge in [0.1, 0.15) is 0 Å². The predicted molar refractivity (Wildman–Crippen MR) is 108 cm³/mol. The summed E-state index contributed by atoms with van der Waals surface area (Å²) in [6, 6.07) is 0.498. The molecule has 1 amide bonds. The van der Waals surface area contributed by atoms with Crippen LogP contribution < -0.4 is 16.0 Å². The number of amides is 1. The molecule has 0 aromatic carbocycles. The summed E-state index contributed by atoms with van der Waals surface area (Å²) >= 11 is 0. The summed E-state index contributed by atoms with van der Waals surface area (Å²) < 4.78 is 5.99. The van der Waals surface area contributed by atoms with Crippen molar-refractivity contribution in [2.45, 2.75) is 57.6 Å². The van der Waals surface area contributed by atoms with Crippen molar-refractivity contribution in [3.05, 3.63) is 0 Å². The average molecular weight is 462 g/mol. The van der Waals surface area contributed by atoms with E-state index in [-0.39, 0.29) is 35.8 Å². The molecule has 3 atom stereocenters. The van der Waals surface area contributed by atoms with Crippen molar-refractivity contribution in [1.29, 1.82) is 0 Å². The highest BCUT2D eigenvalue weighted by atomic mass is 127. The van der Waals surface area contributed by atoms with Crippen LogP contribution in [0.1, 0.15) is 45.4 Å². The average Bonchev–Trinajstić information content (AvgIpc) is 3.29. The van der Waals surface area contributed by atoms with E-state index in [2.05, 4.69) is 27.9 Å². The quantitative estimate of drug-likeness (QED) is 0.243. The van der Waals surface area contributed by atoms with Crippen LogP contribution in [0.25, 0.3) is 0 Å². The smallest absolute Gasteiger partial charge is 0.223 e. The molecule has 4 aliphatic rings. The molecule has 3 aliphatic carbocycles. The Hall–Kier alpha value is -0.570. The highest BCUT2D eigenvalue weighted by Crippen LogP contribution is 2.62. The molecule has 1 heterocycles. The monoisotopic (exact) mass is 462 g/mol. The minimum absolute atomic E-state index is 0. The molecule has 3 unspecified atom stereocenters. The van der Waals surface area contributed by atoms with Gasteiger partial charge in [-0.25, -0.2) is 0 Å². The lowest BCUT2D eigenvalue weighted by atomic mass is 9.46. The van der Waals surface area contributed by atoms with E-state index in [4.69, 9.17) is 4.74 Å². The largest absolute Gasteiger partial charge is 0.377 e. The third-order valence-electron chi connectivity index (χ3n) is 6.30. The number of halogens is 1. The molecule has 4 rings (SSSR count). The summed E-state index contributed by atoms with van der Waals surface area (Å²) in [4.78, 5) is 16.3. The molecular weight excluding hydrogens is 431 g/mol. The normalized spacial score (nSPS) is 32.0. The van der Waals surface area contributed by atoms with Crippen LogP contribution in [-0.2, 0) is 9.53 Å². The lowest BCUT2D eigenvalue weighted by molar-refractivity contribution is -0.171. The van der Waals surface area contributed by atoms with Gasteiger partial charge >= 0.3 is 0 Å². The van der Waals surface area contributed by atoms with Crippen molar-refractivity contribution >= 4 is 35.8 Å². The number of rotatable bonds is 6. The number of nitrogens with one attached hydrogen (secondary N) is 3. The van der Waals surface area contributed by atoms with Crippen LogP contribution in [0.5, 0.6) is 0 Å². The van der Waals surface area contributed by atoms with Gasteiger partial charge in [-0.3, -0.25) is 9.79 Å². The number of guanidine groups is 1.